The molecule has 0 unspecified atom stereocenters. The van der Waals surface area contributed by atoms with Crippen LogP contribution in [0.15, 0.2) is 24.3 Å². The molecular weight excluding hydrogens is 365 g/mol. The Morgan fingerprint density at radius 1 is 1.40 bits per heavy atom. The van der Waals surface area contributed by atoms with E-state index in [9.17, 15) is 4.79 Å². The molecule has 0 aliphatic carbocycles. The third-order valence-electron chi connectivity index (χ3n) is 5.16. The van der Waals surface area contributed by atoms with Gasteiger partial charge in [-0.3, -0.25) is 9.69 Å². The summed E-state index contributed by atoms with van der Waals surface area (Å²) >= 11 is 2.33. The molecule has 3 rings (SSSR count). The van der Waals surface area contributed by atoms with Crippen molar-refractivity contribution in [2.24, 2.45) is 0 Å². The number of hydrogen-bond donors (Lipinski definition) is 0. The van der Waals surface area contributed by atoms with Crippen molar-refractivity contribution in [1.82, 2.24) is 4.90 Å². The third-order valence-corrected chi connectivity index (χ3v) is 5.88. The summed E-state index contributed by atoms with van der Waals surface area (Å²) < 4.78 is 6.36. The van der Waals surface area contributed by atoms with Crippen molar-refractivity contribution in [3.8, 4) is 0 Å². The summed E-state index contributed by atoms with van der Waals surface area (Å²) in [5.41, 5.74) is 0.962. The quantitative estimate of drug-likeness (QED) is 0.579. The van der Waals surface area contributed by atoms with Crippen molar-refractivity contribution in [3.05, 3.63) is 33.4 Å². The lowest BCUT2D eigenvalue weighted by atomic mass is 9.78. The maximum atomic E-state index is 12.3. The summed E-state index contributed by atoms with van der Waals surface area (Å²) in [6.07, 6.45) is 4.07. The molecule has 4 heteroatoms. The Kier molecular flexibility index (Phi) is 3.79. The summed E-state index contributed by atoms with van der Waals surface area (Å²) in [6.45, 7) is 0. The van der Waals surface area contributed by atoms with Gasteiger partial charge in [-0.15, -0.1) is 0 Å². The normalized spacial score (nSPS) is 33.1. The Morgan fingerprint density at radius 2 is 2.10 bits per heavy atom. The smallest absolute Gasteiger partial charge is 0.326 e. The van der Waals surface area contributed by atoms with E-state index in [2.05, 4.69) is 58.8 Å². The Balaban J connectivity index is 1.90. The van der Waals surface area contributed by atoms with Crippen LogP contribution in [0.3, 0.4) is 0 Å². The lowest BCUT2D eigenvalue weighted by Crippen LogP contribution is -2.55. The molecule has 0 spiro atoms. The van der Waals surface area contributed by atoms with Crippen LogP contribution in [0.2, 0.25) is 0 Å². The number of methoxy groups -OCH3 is 1. The summed E-state index contributed by atoms with van der Waals surface area (Å²) in [7, 11) is 3.59. The van der Waals surface area contributed by atoms with Crippen molar-refractivity contribution in [1.29, 1.82) is 0 Å². The fraction of sp³-hybridized carbons (Fsp3) is 0.562. The molecule has 1 aromatic carbocycles. The van der Waals surface area contributed by atoms with Gasteiger partial charge in [-0.25, -0.2) is 0 Å². The zero-order chi connectivity index (χ0) is 14.3. The molecule has 3 atom stereocenters. The number of likely N-dealkylation sites (N-methyl/N-ethyl adjacent to an activating group) is 1. The van der Waals surface area contributed by atoms with Gasteiger partial charge in [0.15, 0.2) is 0 Å². The van der Waals surface area contributed by atoms with Crippen LogP contribution in [0.4, 0.5) is 0 Å². The number of benzene rings is 1. The van der Waals surface area contributed by atoms with Crippen LogP contribution in [0.5, 0.6) is 0 Å². The van der Waals surface area contributed by atoms with E-state index in [0.717, 1.165) is 25.7 Å². The van der Waals surface area contributed by atoms with Gasteiger partial charge in [0.1, 0.15) is 5.54 Å². The highest BCUT2D eigenvalue weighted by Gasteiger charge is 2.55. The predicted molar refractivity (Wildman–Crippen MR) is 86.7 cm³/mol. The van der Waals surface area contributed by atoms with E-state index in [0.29, 0.717) is 12.0 Å². The van der Waals surface area contributed by atoms with Crippen molar-refractivity contribution in [2.45, 2.75) is 43.2 Å². The van der Waals surface area contributed by atoms with Crippen LogP contribution in [0.25, 0.3) is 0 Å². The molecule has 0 aromatic heterocycles. The first-order valence-corrected chi connectivity index (χ1v) is 8.21. The minimum Gasteiger partial charge on any atom is -0.468 e. The first-order chi connectivity index (χ1) is 9.56. The van der Waals surface area contributed by atoms with Gasteiger partial charge >= 0.3 is 5.97 Å². The van der Waals surface area contributed by atoms with Crippen LogP contribution < -0.4 is 0 Å². The van der Waals surface area contributed by atoms with Gasteiger partial charge in [0.05, 0.1) is 7.11 Å². The fourth-order valence-electron chi connectivity index (χ4n) is 3.97. The Hall–Kier alpha value is -0.620. The van der Waals surface area contributed by atoms with Crippen molar-refractivity contribution in [2.75, 3.05) is 14.2 Å². The van der Waals surface area contributed by atoms with Crippen LogP contribution in [0.1, 0.15) is 37.2 Å². The van der Waals surface area contributed by atoms with E-state index < -0.39 is 5.54 Å². The average molecular weight is 385 g/mol. The van der Waals surface area contributed by atoms with E-state index in [4.69, 9.17) is 4.74 Å². The molecule has 2 aliphatic rings. The number of carbonyl (C=O) groups is 1. The number of piperidine rings is 1. The molecule has 2 bridgehead atoms. The molecule has 1 aromatic rings. The van der Waals surface area contributed by atoms with E-state index in [-0.39, 0.29) is 5.97 Å². The highest BCUT2D eigenvalue weighted by Crippen LogP contribution is 2.49. The molecular formula is C16H20INO2. The van der Waals surface area contributed by atoms with Gasteiger partial charge in [-0.2, -0.15) is 0 Å². The van der Waals surface area contributed by atoms with E-state index in [1.54, 1.807) is 0 Å². The SMILES string of the molecule is COC(=O)[C@@]12CC[C@@H](C[C@H](c3ccc(I)cc3)C1)N2C. The summed E-state index contributed by atoms with van der Waals surface area (Å²) in [5.74, 6) is 0.410. The second kappa shape index (κ2) is 5.30. The lowest BCUT2D eigenvalue weighted by molar-refractivity contribution is -0.156. The van der Waals surface area contributed by atoms with Crippen LogP contribution >= 0.6 is 22.6 Å². The van der Waals surface area contributed by atoms with Crippen LogP contribution in [-0.2, 0) is 9.53 Å². The van der Waals surface area contributed by atoms with E-state index in [1.807, 2.05) is 0 Å². The second-order valence-electron chi connectivity index (χ2n) is 6.01. The lowest BCUT2D eigenvalue weighted by Gasteiger charge is -2.43. The first kappa shape index (κ1) is 14.3. The molecule has 0 amide bonds. The Labute approximate surface area is 133 Å². The standard InChI is InChI=1S/C16H20INO2/c1-18-14-7-8-16(18,15(19)20-2)10-12(9-14)11-3-5-13(17)6-4-11/h3-6,12,14H,7-10H2,1-2H3/t12-,14-,16+/m0/s1. The number of fused-ring (bicyclic) bond motifs is 2. The zero-order valence-corrected chi connectivity index (χ0v) is 14.1. The van der Waals surface area contributed by atoms with Crippen molar-refractivity contribution in [3.63, 3.8) is 0 Å². The highest BCUT2D eigenvalue weighted by molar-refractivity contribution is 14.1. The molecule has 108 valence electrons. The number of halogens is 1. The van der Waals surface area contributed by atoms with Gasteiger partial charge in [0.2, 0.25) is 0 Å². The molecule has 2 aliphatic heterocycles. The summed E-state index contributed by atoms with van der Waals surface area (Å²) in [5, 5.41) is 0. The van der Waals surface area contributed by atoms with E-state index in [1.165, 1.54) is 16.2 Å². The Bertz CT molecular complexity index is 516. The highest BCUT2D eigenvalue weighted by atomic mass is 127. The fourth-order valence-corrected chi connectivity index (χ4v) is 4.33. The molecule has 2 heterocycles. The third kappa shape index (κ3) is 2.17. The first-order valence-electron chi connectivity index (χ1n) is 7.13. The van der Waals surface area contributed by atoms with E-state index >= 15 is 0 Å². The van der Waals surface area contributed by atoms with Gasteiger partial charge in [0.25, 0.3) is 0 Å². The number of nitrogens with zero attached hydrogens (tertiary/aromatic N) is 1. The molecule has 0 N–H and O–H groups in total. The summed E-state index contributed by atoms with van der Waals surface area (Å²) in [4.78, 5) is 14.6. The van der Waals surface area contributed by atoms with Gasteiger partial charge < -0.3 is 4.74 Å². The molecule has 2 fully saturated rings. The molecule has 0 radical (unpaired) electrons. The second-order valence-corrected chi connectivity index (χ2v) is 7.26. The maximum absolute atomic E-state index is 12.3. The molecule has 3 nitrogen and oxygen atoms in total. The van der Waals surface area contributed by atoms with Crippen molar-refractivity contribution >= 4 is 28.6 Å². The summed E-state index contributed by atoms with van der Waals surface area (Å²) in [6, 6.07) is 9.23. The predicted octanol–water partition coefficient (Wildman–Crippen LogP) is 3.17. The monoisotopic (exact) mass is 385 g/mol. The minimum absolute atomic E-state index is 0.0577. The average Bonchev–Trinajstić information content (AvgIpc) is 2.66. The van der Waals surface area contributed by atoms with Crippen LogP contribution in [-0.4, -0.2) is 36.6 Å². The number of hydrogen-bond acceptors (Lipinski definition) is 3. The van der Waals surface area contributed by atoms with Gasteiger partial charge in [0, 0.05) is 9.61 Å². The number of rotatable bonds is 2. The molecule has 20 heavy (non-hydrogen) atoms. The van der Waals surface area contributed by atoms with Crippen molar-refractivity contribution < 1.29 is 9.53 Å². The largest absolute Gasteiger partial charge is 0.468 e. The zero-order valence-electron chi connectivity index (χ0n) is 11.9. The van der Waals surface area contributed by atoms with Gasteiger partial charge in [-0.1, -0.05) is 12.1 Å². The maximum Gasteiger partial charge on any atom is 0.326 e. The minimum atomic E-state index is -0.397. The topological polar surface area (TPSA) is 29.5 Å². The van der Waals surface area contributed by atoms with Gasteiger partial charge in [-0.05, 0) is 78.9 Å². The Morgan fingerprint density at radius 3 is 2.75 bits per heavy atom. The van der Waals surface area contributed by atoms with Crippen LogP contribution in [0, 0.1) is 3.57 Å². The number of esters is 1. The molecule has 0 saturated carbocycles. The number of ether oxygens (including phenoxy) is 1. The number of carbonyl (C=O) groups excluding carboxylic acids is 1. The molecule has 2 saturated heterocycles.